The van der Waals surface area contributed by atoms with E-state index in [0.717, 1.165) is 10.3 Å². The number of carboxylic acids is 1. The minimum Gasteiger partial charge on any atom is -0.480 e. The Morgan fingerprint density at radius 2 is 1.94 bits per heavy atom. The number of hydrogen-bond acceptors (Lipinski definition) is 4. The van der Waals surface area contributed by atoms with Crippen LogP contribution in [0, 0.1) is 5.82 Å². The molecule has 2 aromatic carbocycles. The van der Waals surface area contributed by atoms with Crippen molar-refractivity contribution in [2.45, 2.75) is 13.0 Å². The van der Waals surface area contributed by atoms with Crippen LogP contribution in [0.5, 0.6) is 0 Å². The van der Waals surface area contributed by atoms with Crippen LogP contribution in [0.1, 0.15) is 18.5 Å². The Labute approximate surface area is 181 Å². The average Bonchev–Trinajstić information content (AvgIpc) is 3.15. The summed E-state index contributed by atoms with van der Waals surface area (Å²) in [6.07, 6.45) is 3.06. The zero-order chi connectivity index (χ0) is 22.3. The number of nitrogens with one attached hydrogen (secondary N) is 1. The van der Waals surface area contributed by atoms with Crippen molar-refractivity contribution >= 4 is 57.8 Å². The maximum absolute atomic E-state index is 14.2. The van der Waals surface area contributed by atoms with Crippen molar-refractivity contribution in [3.63, 3.8) is 0 Å². The first kappa shape index (κ1) is 20.4. The van der Waals surface area contributed by atoms with E-state index in [1.807, 2.05) is 0 Å². The maximum Gasteiger partial charge on any atom is 0.326 e. The molecule has 0 spiro atoms. The molecule has 1 atom stereocenters. The number of benzene rings is 2. The van der Waals surface area contributed by atoms with E-state index in [2.05, 4.69) is 5.32 Å². The highest BCUT2D eigenvalue weighted by Gasteiger charge is 2.35. The molecule has 2 heterocycles. The van der Waals surface area contributed by atoms with Crippen LogP contribution in [-0.4, -0.2) is 32.6 Å². The molecule has 1 aromatic heterocycles. The molecule has 9 heteroatoms. The van der Waals surface area contributed by atoms with Crippen LogP contribution in [0.3, 0.4) is 0 Å². The summed E-state index contributed by atoms with van der Waals surface area (Å²) in [5, 5.41) is 12.2. The molecule has 1 fully saturated rings. The van der Waals surface area contributed by atoms with Gasteiger partial charge in [-0.3, -0.25) is 14.9 Å². The van der Waals surface area contributed by atoms with Crippen LogP contribution in [0.2, 0.25) is 0 Å². The van der Waals surface area contributed by atoms with Crippen molar-refractivity contribution < 1.29 is 23.9 Å². The normalized spacial score (nSPS) is 16.6. The first-order valence-corrected chi connectivity index (χ1v) is 9.68. The average molecular weight is 437 g/mol. The second-order valence-electron chi connectivity index (χ2n) is 6.96. The van der Waals surface area contributed by atoms with E-state index >= 15 is 0 Å². The third-order valence-corrected chi connectivity index (χ3v) is 5.31. The number of anilines is 1. The molecule has 31 heavy (non-hydrogen) atoms. The second-order valence-corrected chi connectivity index (χ2v) is 7.35. The third kappa shape index (κ3) is 3.59. The number of carboxylic acid groups (broad SMARTS) is 1. The van der Waals surface area contributed by atoms with Crippen LogP contribution in [0.15, 0.2) is 60.3 Å². The molecule has 0 radical (unpaired) electrons. The first-order valence-electron chi connectivity index (χ1n) is 9.27. The maximum atomic E-state index is 14.2. The van der Waals surface area contributed by atoms with Crippen LogP contribution in [0.4, 0.5) is 10.1 Å². The summed E-state index contributed by atoms with van der Waals surface area (Å²) in [6, 6.07) is 11.8. The predicted octanol–water partition coefficient (Wildman–Crippen LogP) is 3.26. The largest absolute Gasteiger partial charge is 0.480 e. The van der Waals surface area contributed by atoms with Gasteiger partial charge in [-0.15, -0.1) is 0 Å². The highest BCUT2D eigenvalue weighted by atomic mass is 32.1. The molecular weight excluding hydrogens is 421 g/mol. The number of halogens is 1. The molecule has 0 unspecified atom stereocenters. The van der Waals surface area contributed by atoms with Gasteiger partial charge >= 0.3 is 5.97 Å². The molecule has 0 aliphatic carbocycles. The van der Waals surface area contributed by atoms with Gasteiger partial charge in [0.15, 0.2) is 5.11 Å². The van der Waals surface area contributed by atoms with Gasteiger partial charge in [0.05, 0.1) is 5.69 Å². The van der Waals surface area contributed by atoms with E-state index in [0.29, 0.717) is 11.1 Å². The lowest BCUT2D eigenvalue weighted by Gasteiger charge is -2.29. The summed E-state index contributed by atoms with van der Waals surface area (Å²) in [6.45, 7) is 1.57. The molecule has 0 bridgehead atoms. The molecule has 4 rings (SSSR count). The van der Waals surface area contributed by atoms with Gasteiger partial charge in [0.1, 0.15) is 17.4 Å². The highest BCUT2D eigenvalue weighted by molar-refractivity contribution is 7.80. The van der Waals surface area contributed by atoms with Crippen molar-refractivity contribution in [3.8, 4) is 0 Å². The lowest BCUT2D eigenvalue weighted by atomic mass is 10.1. The fourth-order valence-corrected chi connectivity index (χ4v) is 3.68. The number of aliphatic carboxylic acids is 1. The summed E-state index contributed by atoms with van der Waals surface area (Å²) in [4.78, 5) is 37.7. The van der Waals surface area contributed by atoms with Crippen molar-refractivity contribution in [1.82, 2.24) is 9.88 Å². The zero-order valence-corrected chi connectivity index (χ0v) is 17.0. The Balaban J connectivity index is 1.73. The van der Waals surface area contributed by atoms with Crippen LogP contribution >= 0.6 is 12.2 Å². The van der Waals surface area contributed by atoms with Crippen LogP contribution in [-0.2, 0) is 14.4 Å². The van der Waals surface area contributed by atoms with Gasteiger partial charge in [0, 0.05) is 17.1 Å². The Bertz CT molecular complexity index is 1300. The zero-order valence-electron chi connectivity index (χ0n) is 16.2. The number of fused-ring (bicyclic) bond motifs is 1. The van der Waals surface area contributed by atoms with Crippen molar-refractivity contribution in [1.29, 1.82) is 0 Å². The molecule has 7 nitrogen and oxygen atoms in total. The molecule has 1 saturated heterocycles. The number of nitrogens with zero attached hydrogens (tertiary/aromatic N) is 2. The minimum absolute atomic E-state index is 0.0569. The van der Waals surface area contributed by atoms with E-state index in [-0.39, 0.29) is 16.4 Å². The number of hydrogen-bond donors (Lipinski definition) is 2. The standard InChI is InChI=1S/C22H16FN3O4S/c1-12(21(29)30)25-9-8-14-10-13(6-7-17(14)25)11-15-19(27)24-22(31)26(20(15)28)18-5-3-2-4-16(18)23/h2-12H,1H3,(H,29,30)(H,24,27,31)/b15-11+/t12-/m0/s1. The molecule has 1 aliphatic heterocycles. The van der Waals surface area contributed by atoms with E-state index in [4.69, 9.17) is 12.2 Å². The molecule has 3 aromatic rings. The fraction of sp³-hybridized carbons (Fsp3) is 0.0909. The van der Waals surface area contributed by atoms with Gasteiger partial charge in [-0.1, -0.05) is 18.2 Å². The number of thiocarbonyl (C=S) groups is 1. The van der Waals surface area contributed by atoms with Gasteiger partial charge in [-0.25, -0.2) is 14.1 Å². The van der Waals surface area contributed by atoms with E-state index < -0.39 is 29.6 Å². The summed E-state index contributed by atoms with van der Waals surface area (Å²) in [5.74, 6) is -3.03. The second kappa shape index (κ2) is 7.77. The Hall–Kier alpha value is -3.85. The van der Waals surface area contributed by atoms with Gasteiger partial charge in [-0.2, -0.15) is 0 Å². The Kier molecular flexibility index (Phi) is 5.12. The smallest absolute Gasteiger partial charge is 0.326 e. The van der Waals surface area contributed by atoms with Crippen molar-refractivity contribution in [2.24, 2.45) is 0 Å². The van der Waals surface area contributed by atoms with Gasteiger partial charge in [0.2, 0.25) is 0 Å². The van der Waals surface area contributed by atoms with Crippen LogP contribution < -0.4 is 10.2 Å². The SMILES string of the molecule is C[C@@H](C(=O)O)n1ccc2cc(/C=C3\C(=O)NC(=S)N(c4ccccc4F)C3=O)ccc21. The van der Waals surface area contributed by atoms with Gasteiger partial charge in [0.25, 0.3) is 11.8 Å². The molecular formula is C22H16FN3O4S. The molecule has 2 amide bonds. The number of carbonyl (C=O) groups excluding carboxylic acids is 2. The summed E-state index contributed by atoms with van der Waals surface area (Å²) in [7, 11) is 0. The van der Waals surface area contributed by atoms with Gasteiger partial charge in [-0.05, 0) is 61.1 Å². The topological polar surface area (TPSA) is 91.6 Å². The number of carbonyl (C=O) groups is 3. The predicted molar refractivity (Wildman–Crippen MR) is 117 cm³/mol. The number of rotatable bonds is 4. The minimum atomic E-state index is -0.961. The van der Waals surface area contributed by atoms with Gasteiger partial charge < -0.3 is 9.67 Å². The number of amides is 2. The lowest BCUT2D eigenvalue weighted by molar-refractivity contribution is -0.140. The monoisotopic (exact) mass is 437 g/mol. The van der Waals surface area contributed by atoms with Crippen molar-refractivity contribution in [2.75, 3.05) is 4.90 Å². The summed E-state index contributed by atoms with van der Waals surface area (Å²) < 4.78 is 15.9. The summed E-state index contributed by atoms with van der Waals surface area (Å²) >= 11 is 5.08. The van der Waals surface area contributed by atoms with Crippen molar-refractivity contribution in [3.05, 3.63) is 71.7 Å². The quantitative estimate of drug-likeness (QED) is 0.371. The Morgan fingerprint density at radius 1 is 1.19 bits per heavy atom. The molecule has 2 N–H and O–H groups in total. The number of aromatic nitrogens is 1. The molecule has 156 valence electrons. The van der Waals surface area contributed by atoms with Crippen LogP contribution in [0.25, 0.3) is 17.0 Å². The summed E-state index contributed by atoms with van der Waals surface area (Å²) in [5.41, 5.74) is 0.992. The fourth-order valence-electron chi connectivity index (χ4n) is 3.41. The first-order chi connectivity index (χ1) is 14.8. The lowest BCUT2D eigenvalue weighted by Crippen LogP contribution is -2.54. The Morgan fingerprint density at radius 3 is 2.65 bits per heavy atom. The third-order valence-electron chi connectivity index (χ3n) is 5.03. The van der Waals surface area contributed by atoms with E-state index in [1.165, 1.54) is 24.3 Å². The highest BCUT2D eigenvalue weighted by Crippen LogP contribution is 2.26. The van der Waals surface area contributed by atoms with E-state index in [9.17, 15) is 23.9 Å². The molecule has 0 saturated carbocycles. The number of para-hydroxylation sites is 1. The van der Waals surface area contributed by atoms with E-state index in [1.54, 1.807) is 48.0 Å². The molecule has 1 aliphatic rings.